The lowest BCUT2D eigenvalue weighted by Gasteiger charge is -2.29. The van der Waals surface area contributed by atoms with Crippen molar-refractivity contribution in [3.8, 4) is 5.75 Å². The maximum absolute atomic E-state index is 11.9. The number of amides is 1. The van der Waals surface area contributed by atoms with E-state index in [4.69, 9.17) is 11.6 Å². The molecule has 2 rings (SSSR count). The van der Waals surface area contributed by atoms with Gasteiger partial charge in [-0.2, -0.15) is 0 Å². The smallest absolute Gasteiger partial charge is 0.224 e. The standard InChI is InChI=1S/C13H17ClN2O3/c14-9-5-8(1-2-11(9)17)6-13(19)16-10-3-4-15-7-12(10)18/h1-2,5,10,12,15,17-18H,3-4,6-7H2,(H,16,19)/t10-,12-/m1/s1. The monoisotopic (exact) mass is 284 g/mol. The molecule has 1 aliphatic heterocycles. The van der Waals surface area contributed by atoms with E-state index in [2.05, 4.69) is 10.6 Å². The number of carbonyl (C=O) groups is 1. The fourth-order valence-corrected chi connectivity index (χ4v) is 2.32. The maximum atomic E-state index is 11.9. The quantitative estimate of drug-likeness (QED) is 0.649. The predicted octanol–water partition coefficient (Wildman–Crippen LogP) is 0.427. The molecular weight excluding hydrogens is 268 g/mol. The largest absolute Gasteiger partial charge is 0.506 e. The molecule has 104 valence electrons. The second-order valence-corrected chi connectivity index (χ2v) is 5.10. The van der Waals surface area contributed by atoms with Gasteiger partial charge in [-0.05, 0) is 30.7 Å². The predicted molar refractivity (Wildman–Crippen MR) is 72.2 cm³/mol. The molecule has 1 aliphatic rings. The van der Waals surface area contributed by atoms with Crippen molar-refractivity contribution in [1.82, 2.24) is 10.6 Å². The summed E-state index contributed by atoms with van der Waals surface area (Å²) in [4.78, 5) is 11.9. The molecule has 0 bridgehead atoms. The summed E-state index contributed by atoms with van der Waals surface area (Å²) in [6.45, 7) is 1.28. The van der Waals surface area contributed by atoms with E-state index >= 15 is 0 Å². The average Bonchev–Trinajstić information content (AvgIpc) is 2.37. The molecule has 0 radical (unpaired) electrons. The third-order valence-electron chi connectivity index (χ3n) is 3.17. The van der Waals surface area contributed by atoms with Crippen LogP contribution < -0.4 is 10.6 Å². The van der Waals surface area contributed by atoms with Crippen LogP contribution in [-0.4, -0.2) is 41.4 Å². The Hall–Kier alpha value is -1.30. The van der Waals surface area contributed by atoms with Gasteiger partial charge in [0.1, 0.15) is 5.75 Å². The number of hydrogen-bond acceptors (Lipinski definition) is 4. The summed E-state index contributed by atoms with van der Waals surface area (Å²) in [5.41, 5.74) is 0.726. The van der Waals surface area contributed by atoms with Gasteiger partial charge < -0.3 is 20.8 Å². The van der Waals surface area contributed by atoms with Gasteiger partial charge in [0.05, 0.1) is 23.6 Å². The van der Waals surface area contributed by atoms with E-state index in [-0.39, 0.29) is 29.1 Å². The number of aliphatic hydroxyl groups excluding tert-OH is 1. The average molecular weight is 285 g/mol. The third kappa shape index (κ3) is 3.83. The summed E-state index contributed by atoms with van der Waals surface area (Å²) >= 11 is 5.78. The van der Waals surface area contributed by atoms with Gasteiger partial charge in [0.25, 0.3) is 0 Å². The van der Waals surface area contributed by atoms with Crippen LogP contribution >= 0.6 is 11.6 Å². The van der Waals surface area contributed by atoms with Crippen LogP contribution in [0.1, 0.15) is 12.0 Å². The first-order valence-electron chi connectivity index (χ1n) is 6.22. The van der Waals surface area contributed by atoms with Crippen molar-refractivity contribution < 1.29 is 15.0 Å². The highest BCUT2D eigenvalue weighted by molar-refractivity contribution is 6.32. The number of nitrogens with one attached hydrogen (secondary N) is 2. The minimum atomic E-state index is -0.555. The summed E-state index contributed by atoms with van der Waals surface area (Å²) in [5, 5.41) is 25.1. The number of rotatable bonds is 3. The van der Waals surface area contributed by atoms with Crippen molar-refractivity contribution in [2.75, 3.05) is 13.1 Å². The Morgan fingerprint density at radius 3 is 3.00 bits per heavy atom. The van der Waals surface area contributed by atoms with Crippen LogP contribution in [0.4, 0.5) is 0 Å². The number of aromatic hydroxyl groups is 1. The van der Waals surface area contributed by atoms with E-state index in [1.165, 1.54) is 6.07 Å². The normalized spacial score (nSPS) is 23.1. The van der Waals surface area contributed by atoms with E-state index in [1.807, 2.05) is 0 Å². The van der Waals surface area contributed by atoms with E-state index in [0.29, 0.717) is 13.0 Å². The molecule has 1 heterocycles. The van der Waals surface area contributed by atoms with Gasteiger partial charge >= 0.3 is 0 Å². The minimum Gasteiger partial charge on any atom is -0.506 e. The Labute approximate surface area is 116 Å². The van der Waals surface area contributed by atoms with Crippen LogP contribution in [0, 0.1) is 0 Å². The molecule has 1 fully saturated rings. The van der Waals surface area contributed by atoms with Crippen molar-refractivity contribution in [3.05, 3.63) is 28.8 Å². The van der Waals surface area contributed by atoms with Crippen molar-refractivity contribution >= 4 is 17.5 Å². The second kappa shape index (κ2) is 6.23. The molecule has 0 unspecified atom stereocenters. The van der Waals surface area contributed by atoms with Gasteiger partial charge in [-0.15, -0.1) is 0 Å². The minimum absolute atomic E-state index is 0.000369. The van der Waals surface area contributed by atoms with Gasteiger partial charge in [-0.1, -0.05) is 17.7 Å². The van der Waals surface area contributed by atoms with Crippen molar-refractivity contribution in [2.24, 2.45) is 0 Å². The molecule has 0 saturated carbocycles. The van der Waals surface area contributed by atoms with Gasteiger partial charge in [-0.25, -0.2) is 0 Å². The lowest BCUT2D eigenvalue weighted by Crippen LogP contribution is -2.52. The molecule has 0 aliphatic carbocycles. The fourth-order valence-electron chi connectivity index (χ4n) is 2.11. The molecule has 19 heavy (non-hydrogen) atoms. The Morgan fingerprint density at radius 2 is 2.32 bits per heavy atom. The zero-order chi connectivity index (χ0) is 13.8. The molecule has 1 aromatic rings. The van der Waals surface area contributed by atoms with Crippen molar-refractivity contribution in [3.63, 3.8) is 0 Å². The molecule has 5 nitrogen and oxygen atoms in total. The number of halogens is 1. The molecule has 0 spiro atoms. The molecule has 0 aromatic heterocycles. The van der Waals surface area contributed by atoms with E-state index in [9.17, 15) is 15.0 Å². The summed E-state index contributed by atoms with van der Waals surface area (Å²) in [5.74, 6) is -0.160. The summed E-state index contributed by atoms with van der Waals surface area (Å²) < 4.78 is 0. The maximum Gasteiger partial charge on any atom is 0.224 e. The molecule has 1 saturated heterocycles. The molecule has 2 atom stereocenters. The second-order valence-electron chi connectivity index (χ2n) is 4.70. The van der Waals surface area contributed by atoms with Crippen molar-refractivity contribution in [2.45, 2.75) is 25.0 Å². The number of carbonyl (C=O) groups excluding carboxylic acids is 1. The van der Waals surface area contributed by atoms with Gasteiger partial charge in [0, 0.05) is 6.54 Å². The molecule has 6 heteroatoms. The van der Waals surface area contributed by atoms with Gasteiger partial charge in [-0.3, -0.25) is 4.79 Å². The van der Waals surface area contributed by atoms with E-state index in [0.717, 1.165) is 12.1 Å². The van der Waals surface area contributed by atoms with Gasteiger partial charge in [0.15, 0.2) is 0 Å². The van der Waals surface area contributed by atoms with Crippen LogP contribution in [0.2, 0.25) is 5.02 Å². The van der Waals surface area contributed by atoms with Crippen LogP contribution in [0.25, 0.3) is 0 Å². The summed E-state index contributed by atoms with van der Waals surface area (Å²) in [6, 6.07) is 4.47. The van der Waals surface area contributed by atoms with Crippen LogP contribution in [-0.2, 0) is 11.2 Å². The molecule has 4 N–H and O–H groups in total. The summed E-state index contributed by atoms with van der Waals surface area (Å²) in [7, 11) is 0. The topological polar surface area (TPSA) is 81.6 Å². The van der Waals surface area contributed by atoms with E-state index in [1.54, 1.807) is 12.1 Å². The Kier molecular flexibility index (Phi) is 4.63. The zero-order valence-electron chi connectivity index (χ0n) is 10.4. The number of phenolic OH excluding ortho intramolecular Hbond substituents is 1. The third-order valence-corrected chi connectivity index (χ3v) is 3.48. The number of aliphatic hydroxyl groups is 1. The lowest BCUT2D eigenvalue weighted by atomic mass is 10.0. The Balaban J connectivity index is 1.91. The first kappa shape index (κ1) is 14.1. The first-order chi connectivity index (χ1) is 9.06. The van der Waals surface area contributed by atoms with E-state index < -0.39 is 6.10 Å². The first-order valence-corrected chi connectivity index (χ1v) is 6.59. The lowest BCUT2D eigenvalue weighted by molar-refractivity contribution is -0.122. The molecule has 1 amide bonds. The van der Waals surface area contributed by atoms with Gasteiger partial charge in [0.2, 0.25) is 5.91 Å². The highest BCUT2D eigenvalue weighted by atomic mass is 35.5. The SMILES string of the molecule is O=C(Cc1ccc(O)c(Cl)c1)N[C@@H]1CCNC[C@H]1O. The number of piperidine rings is 1. The number of phenols is 1. The number of β-amino-alcohol motifs (C(OH)–C–C–N with tert-alkyl or cyclic N) is 1. The van der Waals surface area contributed by atoms with Crippen molar-refractivity contribution in [1.29, 1.82) is 0 Å². The Bertz CT molecular complexity index is 467. The Morgan fingerprint density at radius 1 is 1.53 bits per heavy atom. The highest BCUT2D eigenvalue weighted by Gasteiger charge is 2.24. The van der Waals surface area contributed by atoms with Crippen LogP contribution in [0.5, 0.6) is 5.75 Å². The van der Waals surface area contributed by atoms with Crippen LogP contribution in [0.3, 0.4) is 0 Å². The number of benzene rings is 1. The summed E-state index contributed by atoms with van der Waals surface area (Å²) in [6.07, 6.45) is 0.334. The number of hydrogen-bond donors (Lipinski definition) is 4. The fraction of sp³-hybridized carbons (Fsp3) is 0.462. The highest BCUT2D eigenvalue weighted by Crippen LogP contribution is 2.23. The molecule has 1 aromatic carbocycles. The zero-order valence-corrected chi connectivity index (χ0v) is 11.2. The van der Waals surface area contributed by atoms with Crippen LogP contribution in [0.15, 0.2) is 18.2 Å². The molecular formula is C13H17ClN2O3.